The highest BCUT2D eigenvalue weighted by atomic mass is 16.4. The summed E-state index contributed by atoms with van der Waals surface area (Å²) in [4.78, 5) is 12.1. The molecule has 0 fully saturated rings. The molecule has 0 aliphatic rings. The molecule has 0 bridgehead atoms. The molecule has 1 N–H and O–H groups in total. The molecular formula is C17H20N4O2. The van der Waals surface area contributed by atoms with Crippen molar-refractivity contribution >= 4 is 16.8 Å². The predicted octanol–water partition coefficient (Wildman–Crippen LogP) is 2.91. The standard InChI is InChI=1S/C17H20N4O2/c1-4-11(2)18-16(22)10-21-8-7-13-5-6-14(9-15(13)21)17-20-19-12(3)23-17/h5-9,11H,4,10H2,1-3H3,(H,18,22)/t11-/m1/s1. The van der Waals surface area contributed by atoms with Gasteiger partial charge in [-0.2, -0.15) is 0 Å². The van der Waals surface area contributed by atoms with Crippen LogP contribution in [0.1, 0.15) is 26.2 Å². The van der Waals surface area contributed by atoms with Gasteiger partial charge in [-0.25, -0.2) is 0 Å². The van der Waals surface area contributed by atoms with Crippen LogP contribution >= 0.6 is 0 Å². The van der Waals surface area contributed by atoms with Gasteiger partial charge in [0.15, 0.2) is 0 Å². The Bertz CT molecular complexity index is 834. The van der Waals surface area contributed by atoms with Crippen LogP contribution in [-0.2, 0) is 11.3 Å². The predicted molar refractivity (Wildman–Crippen MR) is 87.9 cm³/mol. The summed E-state index contributed by atoms with van der Waals surface area (Å²) in [6.07, 6.45) is 2.84. The lowest BCUT2D eigenvalue weighted by atomic mass is 10.1. The van der Waals surface area contributed by atoms with Crippen molar-refractivity contribution in [2.75, 3.05) is 0 Å². The summed E-state index contributed by atoms with van der Waals surface area (Å²) < 4.78 is 7.40. The summed E-state index contributed by atoms with van der Waals surface area (Å²) in [7, 11) is 0. The smallest absolute Gasteiger partial charge is 0.247 e. The second-order valence-electron chi connectivity index (χ2n) is 5.72. The molecule has 6 nitrogen and oxygen atoms in total. The Morgan fingerprint density at radius 1 is 1.35 bits per heavy atom. The van der Waals surface area contributed by atoms with Crippen LogP contribution in [0.3, 0.4) is 0 Å². The van der Waals surface area contributed by atoms with E-state index in [0.717, 1.165) is 22.9 Å². The third-order valence-electron chi connectivity index (χ3n) is 3.88. The minimum absolute atomic E-state index is 0.0101. The molecule has 0 unspecified atom stereocenters. The number of nitrogens with zero attached hydrogens (tertiary/aromatic N) is 3. The highest BCUT2D eigenvalue weighted by Gasteiger charge is 2.11. The number of carbonyl (C=O) groups is 1. The van der Waals surface area contributed by atoms with E-state index in [0.29, 0.717) is 18.3 Å². The lowest BCUT2D eigenvalue weighted by molar-refractivity contribution is -0.122. The fraction of sp³-hybridized carbons (Fsp3) is 0.353. The molecule has 3 aromatic rings. The number of carbonyl (C=O) groups excluding carboxylic acids is 1. The zero-order valence-corrected chi connectivity index (χ0v) is 13.5. The van der Waals surface area contributed by atoms with Crippen LogP contribution in [0.25, 0.3) is 22.4 Å². The van der Waals surface area contributed by atoms with Gasteiger partial charge in [-0.15, -0.1) is 10.2 Å². The van der Waals surface area contributed by atoms with Gasteiger partial charge in [0.1, 0.15) is 6.54 Å². The summed E-state index contributed by atoms with van der Waals surface area (Å²) in [5.41, 5.74) is 1.82. The molecule has 120 valence electrons. The Kier molecular flexibility index (Phi) is 4.14. The van der Waals surface area contributed by atoms with Crippen molar-refractivity contribution in [1.82, 2.24) is 20.1 Å². The molecule has 0 spiro atoms. The minimum atomic E-state index is 0.0101. The Morgan fingerprint density at radius 2 is 2.17 bits per heavy atom. The molecule has 0 saturated carbocycles. The second-order valence-corrected chi connectivity index (χ2v) is 5.72. The van der Waals surface area contributed by atoms with E-state index in [-0.39, 0.29) is 11.9 Å². The van der Waals surface area contributed by atoms with E-state index in [1.807, 2.05) is 42.0 Å². The third kappa shape index (κ3) is 3.26. The molecule has 1 atom stereocenters. The quantitative estimate of drug-likeness (QED) is 0.786. The van der Waals surface area contributed by atoms with Crippen molar-refractivity contribution in [2.45, 2.75) is 39.8 Å². The van der Waals surface area contributed by atoms with Crippen LogP contribution < -0.4 is 5.32 Å². The largest absolute Gasteiger partial charge is 0.421 e. The number of amides is 1. The van der Waals surface area contributed by atoms with E-state index in [2.05, 4.69) is 22.4 Å². The van der Waals surface area contributed by atoms with Crippen LogP contribution in [0.2, 0.25) is 0 Å². The first-order valence-electron chi connectivity index (χ1n) is 7.75. The molecule has 1 aromatic carbocycles. The maximum absolute atomic E-state index is 12.1. The van der Waals surface area contributed by atoms with Crippen LogP contribution in [0.4, 0.5) is 0 Å². The molecule has 2 heterocycles. The van der Waals surface area contributed by atoms with Crippen molar-refractivity contribution < 1.29 is 9.21 Å². The summed E-state index contributed by atoms with van der Waals surface area (Å²) >= 11 is 0. The molecule has 3 rings (SSSR count). The SMILES string of the molecule is CC[C@@H](C)NC(=O)Cn1ccc2ccc(-c3nnc(C)o3)cc21. The number of fused-ring (bicyclic) bond motifs is 1. The number of rotatable bonds is 5. The second kappa shape index (κ2) is 6.24. The number of nitrogens with one attached hydrogen (secondary N) is 1. The Hall–Kier alpha value is -2.63. The summed E-state index contributed by atoms with van der Waals surface area (Å²) in [5, 5.41) is 12.0. The fourth-order valence-corrected chi connectivity index (χ4v) is 2.45. The van der Waals surface area contributed by atoms with E-state index in [1.54, 1.807) is 6.92 Å². The lowest BCUT2D eigenvalue weighted by Gasteiger charge is -2.12. The first-order chi connectivity index (χ1) is 11.1. The molecule has 1 amide bonds. The van der Waals surface area contributed by atoms with E-state index < -0.39 is 0 Å². The van der Waals surface area contributed by atoms with Crippen molar-refractivity contribution in [3.63, 3.8) is 0 Å². The molecule has 0 saturated heterocycles. The number of benzene rings is 1. The Labute approximate surface area is 134 Å². The topological polar surface area (TPSA) is 73.0 Å². The van der Waals surface area contributed by atoms with Gasteiger partial charge in [0.2, 0.25) is 17.7 Å². The van der Waals surface area contributed by atoms with Crippen LogP contribution in [0.15, 0.2) is 34.9 Å². The maximum atomic E-state index is 12.1. The van der Waals surface area contributed by atoms with Crippen LogP contribution in [0, 0.1) is 6.92 Å². The van der Waals surface area contributed by atoms with Gasteiger partial charge in [0, 0.05) is 30.2 Å². The molecule has 2 aromatic heterocycles. The molecular weight excluding hydrogens is 292 g/mol. The van der Waals surface area contributed by atoms with Gasteiger partial charge < -0.3 is 14.3 Å². The molecule has 6 heteroatoms. The van der Waals surface area contributed by atoms with Gasteiger partial charge >= 0.3 is 0 Å². The Morgan fingerprint density at radius 3 is 2.87 bits per heavy atom. The van der Waals surface area contributed by atoms with Crippen molar-refractivity contribution in [3.8, 4) is 11.5 Å². The monoisotopic (exact) mass is 312 g/mol. The number of aryl methyl sites for hydroxylation is 1. The van der Waals surface area contributed by atoms with E-state index in [1.165, 1.54) is 0 Å². The highest BCUT2D eigenvalue weighted by Crippen LogP contribution is 2.24. The number of aromatic nitrogens is 3. The van der Waals surface area contributed by atoms with Crippen molar-refractivity contribution in [3.05, 3.63) is 36.4 Å². The maximum Gasteiger partial charge on any atom is 0.247 e. The summed E-state index contributed by atoms with van der Waals surface area (Å²) in [5.74, 6) is 1.03. The van der Waals surface area contributed by atoms with Gasteiger partial charge in [0.25, 0.3) is 0 Å². The fourth-order valence-electron chi connectivity index (χ4n) is 2.45. The molecule has 0 radical (unpaired) electrons. The van der Waals surface area contributed by atoms with E-state index >= 15 is 0 Å². The zero-order chi connectivity index (χ0) is 16.4. The average Bonchev–Trinajstić information content (AvgIpc) is 3.13. The van der Waals surface area contributed by atoms with E-state index in [4.69, 9.17) is 4.42 Å². The average molecular weight is 312 g/mol. The minimum Gasteiger partial charge on any atom is -0.421 e. The van der Waals surface area contributed by atoms with Crippen LogP contribution in [-0.4, -0.2) is 26.7 Å². The van der Waals surface area contributed by atoms with Gasteiger partial charge in [-0.3, -0.25) is 4.79 Å². The summed E-state index contributed by atoms with van der Waals surface area (Å²) in [6.45, 7) is 6.10. The number of hydrogen-bond donors (Lipinski definition) is 1. The normalized spacial score (nSPS) is 12.5. The van der Waals surface area contributed by atoms with Crippen molar-refractivity contribution in [1.29, 1.82) is 0 Å². The Balaban J connectivity index is 1.88. The first kappa shape index (κ1) is 15.3. The third-order valence-corrected chi connectivity index (χ3v) is 3.88. The zero-order valence-electron chi connectivity index (χ0n) is 13.5. The first-order valence-corrected chi connectivity index (χ1v) is 7.75. The van der Waals surface area contributed by atoms with E-state index in [9.17, 15) is 4.79 Å². The van der Waals surface area contributed by atoms with Crippen LogP contribution in [0.5, 0.6) is 0 Å². The van der Waals surface area contributed by atoms with Gasteiger partial charge in [-0.05, 0) is 36.9 Å². The van der Waals surface area contributed by atoms with Gasteiger partial charge in [-0.1, -0.05) is 13.0 Å². The molecule has 0 aliphatic carbocycles. The molecule has 23 heavy (non-hydrogen) atoms. The summed E-state index contributed by atoms with van der Waals surface area (Å²) in [6, 6.07) is 8.08. The lowest BCUT2D eigenvalue weighted by Crippen LogP contribution is -2.34. The number of hydrogen-bond acceptors (Lipinski definition) is 4. The van der Waals surface area contributed by atoms with Gasteiger partial charge in [0.05, 0.1) is 0 Å². The van der Waals surface area contributed by atoms with Crippen molar-refractivity contribution in [2.24, 2.45) is 0 Å². The highest BCUT2D eigenvalue weighted by molar-refractivity contribution is 5.86. The molecule has 0 aliphatic heterocycles.